The number of fused-ring (bicyclic) bond motifs is 1. The van der Waals surface area contributed by atoms with Crippen molar-refractivity contribution in [2.45, 2.75) is 77.9 Å². The second kappa shape index (κ2) is 7.66. The Bertz CT molecular complexity index is 707. The summed E-state index contributed by atoms with van der Waals surface area (Å²) >= 11 is 0. The second-order valence-corrected chi connectivity index (χ2v) is 9.51. The molecule has 3 rings (SSSR count). The predicted octanol–water partition coefficient (Wildman–Crippen LogP) is 6.15. The van der Waals surface area contributed by atoms with Crippen molar-refractivity contribution in [1.82, 2.24) is 0 Å². The quantitative estimate of drug-likeness (QED) is 0.461. The number of esters is 1. The van der Waals surface area contributed by atoms with Crippen molar-refractivity contribution in [3.8, 4) is 0 Å². The minimum atomic E-state index is -0.316. The molecule has 146 valence electrons. The molecule has 0 aliphatic heterocycles. The van der Waals surface area contributed by atoms with Crippen LogP contribution in [0.3, 0.4) is 0 Å². The molecule has 0 spiro atoms. The number of nitrogens with zero attached hydrogens (tertiary/aromatic N) is 1. The van der Waals surface area contributed by atoms with Crippen molar-refractivity contribution < 1.29 is 9.53 Å². The van der Waals surface area contributed by atoms with Crippen molar-refractivity contribution in [3.05, 3.63) is 47.3 Å². The van der Waals surface area contributed by atoms with Crippen LogP contribution >= 0.6 is 0 Å². The highest BCUT2D eigenvalue weighted by Crippen LogP contribution is 2.60. The summed E-state index contributed by atoms with van der Waals surface area (Å²) in [6.45, 7) is 16.9. The van der Waals surface area contributed by atoms with Crippen LogP contribution in [0.2, 0.25) is 0 Å². The zero-order valence-corrected chi connectivity index (χ0v) is 17.2. The van der Waals surface area contributed by atoms with E-state index >= 15 is 0 Å². The van der Waals surface area contributed by atoms with Gasteiger partial charge in [0.15, 0.2) is 0 Å². The molecule has 3 nitrogen and oxygen atoms in total. The van der Waals surface area contributed by atoms with E-state index in [0.29, 0.717) is 23.3 Å². The van der Waals surface area contributed by atoms with Gasteiger partial charge >= 0.3 is 5.97 Å². The van der Waals surface area contributed by atoms with Gasteiger partial charge in [0.1, 0.15) is 6.10 Å². The Balaban J connectivity index is 1.79. The van der Waals surface area contributed by atoms with Crippen molar-refractivity contribution in [2.75, 3.05) is 0 Å². The molecule has 0 heterocycles. The van der Waals surface area contributed by atoms with Crippen LogP contribution in [0.5, 0.6) is 0 Å². The smallest absolute Gasteiger partial charge is 0.338 e. The van der Waals surface area contributed by atoms with Crippen molar-refractivity contribution in [3.63, 3.8) is 0 Å². The Morgan fingerprint density at radius 3 is 2.63 bits per heavy atom. The Kier molecular flexibility index (Phi) is 5.65. The van der Waals surface area contributed by atoms with Gasteiger partial charge in [0.2, 0.25) is 5.54 Å². The zero-order valence-electron chi connectivity index (χ0n) is 17.2. The first-order chi connectivity index (χ1) is 12.8. The lowest BCUT2D eigenvalue weighted by Gasteiger charge is -2.46. The maximum absolute atomic E-state index is 12.6. The minimum Gasteiger partial charge on any atom is -0.458 e. The molecule has 2 aliphatic rings. The van der Waals surface area contributed by atoms with Crippen molar-refractivity contribution >= 4 is 5.97 Å². The number of carbonyl (C=O) groups is 1. The van der Waals surface area contributed by atoms with Crippen LogP contribution in [-0.2, 0) is 4.74 Å². The van der Waals surface area contributed by atoms with E-state index in [1.54, 1.807) is 0 Å². The number of hydrogen-bond donors (Lipinski definition) is 0. The molecule has 2 aliphatic carbocycles. The number of benzene rings is 1. The van der Waals surface area contributed by atoms with Crippen molar-refractivity contribution in [2.24, 2.45) is 23.2 Å². The van der Waals surface area contributed by atoms with Crippen LogP contribution in [0.1, 0.15) is 76.6 Å². The fraction of sp³-hybridized carbons (Fsp3) is 0.667. The molecule has 2 unspecified atom stereocenters. The minimum absolute atomic E-state index is 0.0181. The summed E-state index contributed by atoms with van der Waals surface area (Å²) in [5, 5.41) is 0. The normalized spacial score (nSPS) is 32.4. The van der Waals surface area contributed by atoms with Gasteiger partial charge in [-0.15, -0.1) is 0 Å². The maximum Gasteiger partial charge on any atom is 0.338 e. The fourth-order valence-corrected chi connectivity index (χ4v) is 6.15. The average molecular weight is 368 g/mol. The molecule has 0 aromatic heterocycles. The molecule has 1 aromatic rings. The Morgan fingerprint density at radius 1 is 1.30 bits per heavy atom. The third-order valence-electron chi connectivity index (χ3n) is 7.16. The van der Waals surface area contributed by atoms with Crippen LogP contribution < -0.4 is 0 Å². The highest BCUT2D eigenvalue weighted by atomic mass is 16.5. The fourth-order valence-electron chi connectivity index (χ4n) is 6.15. The Labute approximate surface area is 164 Å². The number of rotatable bonds is 5. The van der Waals surface area contributed by atoms with Gasteiger partial charge in [0, 0.05) is 25.2 Å². The number of hydrogen-bond acceptors (Lipinski definition) is 2. The number of carbonyl (C=O) groups excluding carboxylic acids is 1. The van der Waals surface area contributed by atoms with Crippen LogP contribution in [-0.4, -0.2) is 17.6 Å². The van der Waals surface area contributed by atoms with Crippen LogP contribution in [0, 0.1) is 29.7 Å². The second-order valence-electron chi connectivity index (χ2n) is 9.51. The molecule has 0 amide bonds. The molecule has 0 bridgehead atoms. The summed E-state index contributed by atoms with van der Waals surface area (Å²) in [6.07, 6.45) is 6.23. The van der Waals surface area contributed by atoms with E-state index in [9.17, 15) is 4.79 Å². The van der Waals surface area contributed by atoms with Gasteiger partial charge in [-0.2, -0.15) is 0 Å². The summed E-state index contributed by atoms with van der Waals surface area (Å²) < 4.78 is 6.02. The lowest BCUT2D eigenvalue weighted by atomic mass is 9.59. The zero-order chi connectivity index (χ0) is 19.7. The van der Waals surface area contributed by atoms with E-state index in [2.05, 4.69) is 32.5 Å². The standard InChI is InChI=1S/C24H33NO2/c1-17(2)16-24(4,25-5)21-14-13-19-20(12-9-15-23(19,21)3)27-22(26)18-10-7-6-8-11-18/h6-8,10-11,17,19-21H,9,12-16H2,1-4H3/t19?,20-,21?,23-,24-/m0/s1. The van der Waals surface area contributed by atoms with Gasteiger partial charge in [-0.05, 0) is 55.6 Å². The summed E-state index contributed by atoms with van der Waals surface area (Å²) in [7, 11) is 0. The van der Waals surface area contributed by atoms with Gasteiger partial charge in [-0.1, -0.05) is 39.0 Å². The molecule has 2 saturated carbocycles. The van der Waals surface area contributed by atoms with Crippen LogP contribution in [0.15, 0.2) is 30.3 Å². The molecule has 1 aromatic carbocycles. The molecule has 0 saturated heterocycles. The first kappa shape index (κ1) is 19.9. The van der Waals surface area contributed by atoms with Gasteiger partial charge in [0.25, 0.3) is 0 Å². The molecule has 5 atom stereocenters. The van der Waals surface area contributed by atoms with Gasteiger partial charge in [-0.25, -0.2) is 11.4 Å². The molecular formula is C24H33NO2. The van der Waals surface area contributed by atoms with Gasteiger partial charge in [0.05, 0.1) is 5.56 Å². The van der Waals surface area contributed by atoms with Crippen LogP contribution in [0.25, 0.3) is 4.85 Å². The van der Waals surface area contributed by atoms with Gasteiger partial charge < -0.3 is 9.58 Å². The topological polar surface area (TPSA) is 30.7 Å². The largest absolute Gasteiger partial charge is 0.458 e. The molecule has 2 fully saturated rings. The molecule has 27 heavy (non-hydrogen) atoms. The van der Waals surface area contributed by atoms with E-state index in [0.717, 1.165) is 38.5 Å². The molecule has 0 N–H and O–H groups in total. The van der Waals surface area contributed by atoms with E-state index in [-0.39, 0.29) is 23.0 Å². The highest BCUT2D eigenvalue weighted by Gasteiger charge is 2.60. The first-order valence-corrected chi connectivity index (χ1v) is 10.4. The van der Waals surface area contributed by atoms with Crippen LogP contribution in [0.4, 0.5) is 0 Å². The van der Waals surface area contributed by atoms with E-state index in [4.69, 9.17) is 11.3 Å². The van der Waals surface area contributed by atoms with E-state index < -0.39 is 0 Å². The summed E-state index contributed by atoms with van der Waals surface area (Å²) in [5.74, 6) is 1.07. The lowest BCUT2D eigenvalue weighted by Crippen LogP contribution is -2.48. The predicted molar refractivity (Wildman–Crippen MR) is 108 cm³/mol. The maximum atomic E-state index is 12.6. The first-order valence-electron chi connectivity index (χ1n) is 10.4. The monoisotopic (exact) mass is 367 g/mol. The summed E-state index contributed by atoms with van der Waals surface area (Å²) in [6, 6.07) is 9.30. The molecule has 0 radical (unpaired) electrons. The van der Waals surface area contributed by atoms with E-state index in [1.807, 2.05) is 30.3 Å². The number of ether oxygens (including phenoxy) is 1. The van der Waals surface area contributed by atoms with E-state index in [1.165, 1.54) is 0 Å². The highest BCUT2D eigenvalue weighted by molar-refractivity contribution is 5.89. The third-order valence-corrected chi connectivity index (χ3v) is 7.16. The summed E-state index contributed by atoms with van der Waals surface area (Å²) in [5.41, 5.74) is 0.405. The SMILES string of the molecule is [C-]#[N+][C@@](C)(CC(C)C)C1CCC2[C@@H](OC(=O)c3ccccc3)CCC[C@@]21C. The summed E-state index contributed by atoms with van der Waals surface area (Å²) in [4.78, 5) is 16.8. The lowest BCUT2D eigenvalue weighted by molar-refractivity contribution is -0.0478. The van der Waals surface area contributed by atoms with Gasteiger partial charge in [-0.3, -0.25) is 0 Å². The Hall–Kier alpha value is -1.82. The average Bonchev–Trinajstić information content (AvgIpc) is 3.00. The molecule has 3 heteroatoms. The van der Waals surface area contributed by atoms with Crippen molar-refractivity contribution in [1.29, 1.82) is 0 Å². The molecular weight excluding hydrogens is 334 g/mol. The third kappa shape index (κ3) is 3.77. The Morgan fingerprint density at radius 2 is 2.00 bits per heavy atom.